The molecule has 110 valence electrons. The molecule has 21 heavy (non-hydrogen) atoms. The van der Waals surface area contributed by atoms with Gasteiger partial charge in [-0.25, -0.2) is 5.43 Å². The summed E-state index contributed by atoms with van der Waals surface area (Å²) in [6.07, 6.45) is 1.51. The SMILES string of the molecule is Cc1nn(C)c(C)c1/C=N/NC(=O)c1cc(O)cc(O)c1. The highest BCUT2D eigenvalue weighted by molar-refractivity contribution is 5.95. The van der Waals surface area contributed by atoms with E-state index < -0.39 is 5.91 Å². The van der Waals surface area contributed by atoms with Gasteiger partial charge in [-0.2, -0.15) is 10.2 Å². The lowest BCUT2D eigenvalue weighted by atomic mass is 10.2. The van der Waals surface area contributed by atoms with Crippen LogP contribution in [0.4, 0.5) is 0 Å². The molecule has 1 aromatic carbocycles. The maximum Gasteiger partial charge on any atom is 0.271 e. The minimum Gasteiger partial charge on any atom is -0.508 e. The summed E-state index contributed by atoms with van der Waals surface area (Å²) >= 11 is 0. The van der Waals surface area contributed by atoms with Gasteiger partial charge in [0, 0.05) is 29.9 Å². The average molecular weight is 288 g/mol. The predicted octanol–water partition coefficient (Wildman–Crippen LogP) is 1.21. The van der Waals surface area contributed by atoms with E-state index in [1.165, 1.54) is 18.3 Å². The highest BCUT2D eigenvalue weighted by Gasteiger charge is 2.09. The predicted molar refractivity (Wildman–Crippen MR) is 77.5 cm³/mol. The average Bonchev–Trinajstić information content (AvgIpc) is 2.63. The van der Waals surface area contributed by atoms with Gasteiger partial charge < -0.3 is 10.2 Å². The van der Waals surface area contributed by atoms with Crippen molar-refractivity contribution < 1.29 is 15.0 Å². The molecule has 0 spiro atoms. The molecule has 1 heterocycles. The smallest absolute Gasteiger partial charge is 0.271 e. The van der Waals surface area contributed by atoms with Gasteiger partial charge >= 0.3 is 0 Å². The normalized spacial score (nSPS) is 11.0. The van der Waals surface area contributed by atoms with Crippen molar-refractivity contribution in [2.45, 2.75) is 13.8 Å². The molecular weight excluding hydrogens is 272 g/mol. The molecule has 7 nitrogen and oxygen atoms in total. The van der Waals surface area contributed by atoms with Crippen LogP contribution in [0.25, 0.3) is 0 Å². The molecule has 0 aliphatic carbocycles. The number of benzene rings is 1. The highest BCUT2D eigenvalue weighted by Crippen LogP contribution is 2.20. The maximum absolute atomic E-state index is 11.8. The molecule has 0 radical (unpaired) electrons. The lowest BCUT2D eigenvalue weighted by molar-refractivity contribution is 0.0954. The molecule has 2 rings (SSSR count). The van der Waals surface area contributed by atoms with Gasteiger partial charge in [0.05, 0.1) is 11.9 Å². The van der Waals surface area contributed by atoms with Gasteiger partial charge in [-0.05, 0) is 26.0 Å². The topological polar surface area (TPSA) is 99.7 Å². The molecular formula is C14H16N4O3. The van der Waals surface area contributed by atoms with E-state index in [2.05, 4.69) is 15.6 Å². The van der Waals surface area contributed by atoms with Crippen molar-refractivity contribution >= 4 is 12.1 Å². The van der Waals surface area contributed by atoms with Crippen molar-refractivity contribution in [2.75, 3.05) is 0 Å². The molecule has 1 amide bonds. The van der Waals surface area contributed by atoms with Crippen LogP contribution in [-0.4, -0.2) is 32.1 Å². The number of nitrogens with one attached hydrogen (secondary N) is 1. The Morgan fingerprint density at radius 2 is 1.90 bits per heavy atom. The summed E-state index contributed by atoms with van der Waals surface area (Å²) in [5.74, 6) is -0.914. The van der Waals surface area contributed by atoms with Gasteiger partial charge in [-0.1, -0.05) is 0 Å². The minimum atomic E-state index is -0.531. The van der Waals surface area contributed by atoms with Crippen LogP contribution in [0.2, 0.25) is 0 Å². The second-order valence-corrected chi connectivity index (χ2v) is 4.65. The molecule has 0 saturated heterocycles. The monoisotopic (exact) mass is 288 g/mol. The van der Waals surface area contributed by atoms with E-state index in [0.717, 1.165) is 23.0 Å². The number of carbonyl (C=O) groups excluding carboxylic acids is 1. The van der Waals surface area contributed by atoms with E-state index in [-0.39, 0.29) is 17.1 Å². The molecule has 0 aliphatic heterocycles. The molecule has 0 aliphatic rings. The van der Waals surface area contributed by atoms with E-state index in [0.29, 0.717) is 0 Å². The standard InChI is InChI=1S/C14H16N4O3/c1-8-13(9(2)18(3)17-8)7-15-16-14(21)10-4-11(19)6-12(20)5-10/h4-7,19-20H,1-3H3,(H,16,21)/b15-7+. The highest BCUT2D eigenvalue weighted by atomic mass is 16.3. The Labute approximate surface area is 121 Å². The largest absolute Gasteiger partial charge is 0.508 e. The fourth-order valence-corrected chi connectivity index (χ4v) is 1.92. The van der Waals surface area contributed by atoms with Gasteiger partial charge in [0.15, 0.2) is 0 Å². The van der Waals surface area contributed by atoms with Gasteiger partial charge in [0.1, 0.15) is 11.5 Å². The zero-order valence-electron chi connectivity index (χ0n) is 12.0. The third-order valence-electron chi connectivity index (χ3n) is 3.09. The second kappa shape index (κ2) is 5.66. The lowest BCUT2D eigenvalue weighted by Gasteiger charge is -2.02. The molecule has 1 aromatic heterocycles. The number of aromatic hydroxyl groups is 2. The Kier molecular flexibility index (Phi) is 3.93. The van der Waals surface area contributed by atoms with Crippen molar-refractivity contribution in [1.29, 1.82) is 0 Å². The third kappa shape index (κ3) is 3.19. The maximum atomic E-state index is 11.8. The summed E-state index contributed by atoms with van der Waals surface area (Å²) in [7, 11) is 1.83. The molecule has 7 heteroatoms. The van der Waals surface area contributed by atoms with Gasteiger partial charge in [-0.3, -0.25) is 9.48 Å². The van der Waals surface area contributed by atoms with E-state index in [9.17, 15) is 15.0 Å². The quantitative estimate of drug-likeness (QED) is 0.584. The zero-order valence-corrected chi connectivity index (χ0v) is 12.0. The van der Waals surface area contributed by atoms with Crippen LogP contribution >= 0.6 is 0 Å². The van der Waals surface area contributed by atoms with Gasteiger partial charge in [0.25, 0.3) is 5.91 Å². The Morgan fingerprint density at radius 3 is 2.43 bits per heavy atom. The van der Waals surface area contributed by atoms with Crippen LogP contribution in [0.5, 0.6) is 11.5 Å². The number of hydrogen-bond donors (Lipinski definition) is 3. The first-order valence-corrected chi connectivity index (χ1v) is 6.25. The molecule has 3 N–H and O–H groups in total. The Morgan fingerprint density at radius 1 is 1.29 bits per heavy atom. The molecule has 0 bridgehead atoms. The zero-order chi connectivity index (χ0) is 15.6. The number of amides is 1. The van der Waals surface area contributed by atoms with Crippen molar-refractivity contribution in [3.05, 3.63) is 40.7 Å². The van der Waals surface area contributed by atoms with Crippen LogP contribution in [0.15, 0.2) is 23.3 Å². The van der Waals surface area contributed by atoms with Crippen LogP contribution in [0.3, 0.4) is 0 Å². The fourth-order valence-electron chi connectivity index (χ4n) is 1.92. The Hall–Kier alpha value is -2.83. The van der Waals surface area contributed by atoms with Crippen molar-refractivity contribution in [3.63, 3.8) is 0 Å². The first kappa shape index (κ1) is 14.6. The first-order valence-electron chi connectivity index (χ1n) is 6.25. The summed E-state index contributed by atoms with van der Waals surface area (Å²) in [5, 5.41) is 26.8. The van der Waals surface area contributed by atoms with Crippen LogP contribution in [0.1, 0.15) is 27.3 Å². The van der Waals surface area contributed by atoms with E-state index in [1.54, 1.807) is 4.68 Å². The van der Waals surface area contributed by atoms with E-state index in [1.807, 2.05) is 20.9 Å². The number of aryl methyl sites for hydroxylation is 2. The minimum absolute atomic E-state index is 0.115. The van der Waals surface area contributed by atoms with Crippen molar-refractivity contribution in [2.24, 2.45) is 12.1 Å². The fraction of sp³-hybridized carbons (Fsp3) is 0.214. The molecule has 0 saturated carbocycles. The summed E-state index contributed by atoms with van der Waals surface area (Å²) in [6, 6.07) is 3.62. The molecule has 0 unspecified atom stereocenters. The molecule has 0 fully saturated rings. The van der Waals surface area contributed by atoms with Crippen LogP contribution in [0, 0.1) is 13.8 Å². The summed E-state index contributed by atoms with van der Waals surface area (Å²) in [5.41, 5.74) is 5.02. The first-order chi connectivity index (χ1) is 9.88. The number of aromatic nitrogens is 2. The Balaban J connectivity index is 2.12. The van der Waals surface area contributed by atoms with Crippen molar-refractivity contribution in [3.8, 4) is 11.5 Å². The lowest BCUT2D eigenvalue weighted by Crippen LogP contribution is -2.17. The van der Waals surface area contributed by atoms with Crippen LogP contribution < -0.4 is 5.43 Å². The van der Waals surface area contributed by atoms with Crippen molar-refractivity contribution in [1.82, 2.24) is 15.2 Å². The number of phenolic OH excluding ortho intramolecular Hbond substituents is 2. The van der Waals surface area contributed by atoms with Gasteiger partial charge in [-0.15, -0.1) is 0 Å². The van der Waals surface area contributed by atoms with Crippen LogP contribution in [-0.2, 0) is 7.05 Å². The van der Waals surface area contributed by atoms with E-state index >= 15 is 0 Å². The van der Waals surface area contributed by atoms with Gasteiger partial charge in [0.2, 0.25) is 0 Å². The number of phenols is 2. The third-order valence-corrected chi connectivity index (χ3v) is 3.09. The number of nitrogens with zero attached hydrogens (tertiary/aromatic N) is 3. The van der Waals surface area contributed by atoms with E-state index in [4.69, 9.17) is 0 Å². The number of rotatable bonds is 3. The number of hydrogen-bond acceptors (Lipinski definition) is 5. The second-order valence-electron chi connectivity index (χ2n) is 4.65. The number of hydrazone groups is 1. The number of carbonyl (C=O) groups is 1. The molecule has 0 atom stereocenters. The summed E-state index contributed by atoms with van der Waals surface area (Å²) in [4.78, 5) is 11.8. The Bertz CT molecular complexity index is 699. The summed E-state index contributed by atoms with van der Waals surface area (Å²) in [6.45, 7) is 3.75. The molecule has 2 aromatic rings. The summed E-state index contributed by atoms with van der Waals surface area (Å²) < 4.78 is 1.73.